The maximum Gasteiger partial charge on any atom is 0.346 e. The number of ether oxygens (including phenoxy) is 1. The van der Waals surface area contributed by atoms with Crippen LogP contribution in [-0.2, 0) is 19.4 Å². The van der Waals surface area contributed by atoms with Crippen molar-refractivity contribution in [3.05, 3.63) is 30.1 Å². The van der Waals surface area contributed by atoms with E-state index < -0.39 is 45.9 Å². The van der Waals surface area contributed by atoms with Crippen LogP contribution in [0.3, 0.4) is 0 Å². The second-order valence-electron chi connectivity index (χ2n) is 4.79. The van der Waals surface area contributed by atoms with E-state index >= 15 is 0 Å². The summed E-state index contributed by atoms with van der Waals surface area (Å²) in [7, 11) is -3.50. The maximum absolute atomic E-state index is 12.8. The van der Waals surface area contributed by atoms with Gasteiger partial charge in [0.1, 0.15) is 17.3 Å². The first-order chi connectivity index (χ1) is 10.7. The average Bonchev–Trinajstić information content (AvgIpc) is 2.44. The Bertz CT molecular complexity index is 644. The lowest BCUT2D eigenvalue weighted by Gasteiger charge is -2.15. The summed E-state index contributed by atoms with van der Waals surface area (Å²) in [5, 5.41) is 11.3. The molecule has 0 aromatic heterocycles. The van der Waals surface area contributed by atoms with Gasteiger partial charge in [-0.3, -0.25) is 4.79 Å². The highest BCUT2D eigenvalue weighted by atomic mass is 32.2. The molecule has 0 bridgehead atoms. The number of halogens is 1. The molecule has 0 heterocycles. The molecule has 0 aliphatic rings. The van der Waals surface area contributed by atoms with E-state index in [0.29, 0.717) is 6.42 Å². The Kier molecular flexibility index (Phi) is 6.95. The van der Waals surface area contributed by atoms with Crippen molar-refractivity contribution in [2.24, 2.45) is 0 Å². The molecular formula is C14H18FNO6S. The molecule has 0 saturated heterocycles. The Morgan fingerprint density at radius 2 is 1.91 bits per heavy atom. The van der Waals surface area contributed by atoms with Gasteiger partial charge in [0.25, 0.3) is 0 Å². The van der Waals surface area contributed by atoms with Crippen LogP contribution in [0.4, 0.5) is 4.39 Å². The molecule has 0 fully saturated rings. The standard InChI is InChI=1S/C14H18FNO6S/c1-2-7-23(20,21)9-13(17)16-8-12(14(18)19)22-11-5-3-10(15)4-6-11/h3-6,12H,2,7-9H2,1H3,(H,16,17)(H,18,19). The van der Waals surface area contributed by atoms with Gasteiger partial charge in [0, 0.05) is 0 Å². The monoisotopic (exact) mass is 347 g/mol. The predicted octanol–water partition coefficient (Wildman–Crippen LogP) is 0.599. The first-order valence-electron chi connectivity index (χ1n) is 6.85. The molecule has 1 rings (SSSR count). The third kappa shape index (κ3) is 7.09. The largest absolute Gasteiger partial charge is 0.478 e. The molecule has 128 valence electrons. The second-order valence-corrected chi connectivity index (χ2v) is 6.98. The molecule has 0 aliphatic carbocycles. The minimum absolute atomic E-state index is 0.116. The molecule has 0 saturated carbocycles. The van der Waals surface area contributed by atoms with Crippen LogP contribution in [0, 0.1) is 5.82 Å². The van der Waals surface area contributed by atoms with Gasteiger partial charge in [-0.2, -0.15) is 0 Å². The van der Waals surface area contributed by atoms with E-state index in [-0.39, 0.29) is 11.5 Å². The van der Waals surface area contributed by atoms with Crippen LogP contribution in [-0.4, -0.2) is 49.6 Å². The zero-order valence-corrected chi connectivity index (χ0v) is 13.3. The Morgan fingerprint density at radius 1 is 1.30 bits per heavy atom. The van der Waals surface area contributed by atoms with E-state index in [4.69, 9.17) is 9.84 Å². The van der Waals surface area contributed by atoms with Gasteiger partial charge in [-0.25, -0.2) is 17.6 Å². The Hall–Kier alpha value is -2.16. The molecule has 9 heteroatoms. The number of carboxylic acid groups (broad SMARTS) is 1. The highest BCUT2D eigenvalue weighted by Crippen LogP contribution is 2.13. The molecular weight excluding hydrogens is 329 g/mol. The zero-order valence-electron chi connectivity index (χ0n) is 12.5. The van der Waals surface area contributed by atoms with E-state index in [1.165, 1.54) is 12.1 Å². The lowest BCUT2D eigenvalue weighted by atomic mass is 10.3. The average molecular weight is 347 g/mol. The maximum atomic E-state index is 12.8. The van der Waals surface area contributed by atoms with Crippen LogP contribution >= 0.6 is 0 Å². The minimum Gasteiger partial charge on any atom is -0.478 e. The van der Waals surface area contributed by atoms with Gasteiger partial charge < -0.3 is 15.2 Å². The Balaban J connectivity index is 2.58. The summed E-state index contributed by atoms with van der Waals surface area (Å²) >= 11 is 0. The summed E-state index contributed by atoms with van der Waals surface area (Å²) in [6, 6.07) is 4.70. The summed E-state index contributed by atoms with van der Waals surface area (Å²) in [4.78, 5) is 22.7. The van der Waals surface area contributed by atoms with Gasteiger partial charge in [-0.05, 0) is 30.7 Å². The fraction of sp³-hybridized carbons (Fsp3) is 0.429. The number of sulfone groups is 1. The van der Waals surface area contributed by atoms with E-state index in [1.807, 2.05) is 0 Å². The van der Waals surface area contributed by atoms with Gasteiger partial charge in [0.15, 0.2) is 9.84 Å². The fourth-order valence-electron chi connectivity index (χ4n) is 1.70. The van der Waals surface area contributed by atoms with Crippen LogP contribution in [0.2, 0.25) is 0 Å². The molecule has 0 aliphatic heterocycles. The summed E-state index contributed by atoms with van der Waals surface area (Å²) in [6.07, 6.45) is -1.03. The number of rotatable bonds is 9. The highest BCUT2D eigenvalue weighted by molar-refractivity contribution is 7.92. The van der Waals surface area contributed by atoms with Crippen molar-refractivity contribution in [2.75, 3.05) is 18.1 Å². The molecule has 1 aromatic carbocycles. The summed E-state index contributed by atoms with van der Waals surface area (Å²) < 4.78 is 40.9. The third-order valence-electron chi connectivity index (χ3n) is 2.72. The lowest BCUT2D eigenvalue weighted by Crippen LogP contribution is -2.42. The molecule has 0 radical (unpaired) electrons. The van der Waals surface area contributed by atoms with E-state index in [0.717, 1.165) is 12.1 Å². The topological polar surface area (TPSA) is 110 Å². The number of benzene rings is 1. The molecule has 2 N–H and O–H groups in total. The molecule has 1 unspecified atom stereocenters. The number of hydrogen-bond acceptors (Lipinski definition) is 5. The van der Waals surface area contributed by atoms with E-state index in [1.54, 1.807) is 6.92 Å². The zero-order chi connectivity index (χ0) is 17.5. The number of carbonyl (C=O) groups excluding carboxylic acids is 1. The molecule has 1 aromatic rings. The summed E-state index contributed by atoms with van der Waals surface area (Å²) in [5.41, 5.74) is 0. The van der Waals surface area contributed by atoms with Crippen LogP contribution < -0.4 is 10.1 Å². The van der Waals surface area contributed by atoms with Crippen LogP contribution in [0.5, 0.6) is 5.75 Å². The Morgan fingerprint density at radius 3 is 2.43 bits per heavy atom. The van der Waals surface area contributed by atoms with Gasteiger partial charge in [0.05, 0.1) is 12.3 Å². The van der Waals surface area contributed by atoms with Crippen LogP contribution in [0.25, 0.3) is 0 Å². The number of hydrogen-bond donors (Lipinski definition) is 2. The summed E-state index contributed by atoms with van der Waals surface area (Å²) in [6.45, 7) is 1.26. The van der Waals surface area contributed by atoms with Crippen molar-refractivity contribution in [1.29, 1.82) is 0 Å². The smallest absolute Gasteiger partial charge is 0.346 e. The quantitative estimate of drug-likeness (QED) is 0.677. The van der Waals surface area contributed by atoms with Crippen molar-refractivity contribution in [3.63, 3.8) is 0 Å². The van der Waals surface area contributed by atoms with Crippen molar-refractivity contribution < 1.29 is 32.2 Å². The number of carbonyl (C=O) groups is 2. The van der Waals surface area contributed by atoms with Gasteiger partial charge in [-0.1, -0.05) is 6.92 Å². The van der Waals surface area contributed by atoms with E-state index in [2.05, 4.69) is 5.32 Å². The highest BCUT2D eigenvalue weighted by Gasteiger charge is 2.22. The number of amides is 1. The predicted molar refractivity (Wildman–Crippen MR) is 80.4 cm³/mol. The first-order valence-corrected chi connectivity index (χ1v) is 8.68. The fourth-order valence-corrected chi connectivity index (χ4v) is 2.97. The van der Waals surface area contributed by atoms with E-state index in [9.17, 15) is 22.4 Å². The SMILES string of the molecule is CCCS(=O)(=O)CC(=O)NCC(Oc1ccc(F)cc1)C(=O)O. The molecule has 23 heavy (non-hydrogen) atoms. The van der Waals surface area contributed by atoms with Crippen molar-refractivity contribution in [1.82, 2.24) is 5.32 Å². The first kappa shape index (κ1) is 18.9. The van der Waals surface area contributed by atoms with Crippen molar-refractivity contribution >= 4 is 21.7 Å². The number of aliphatic carboxylic acids is 1. The van der Waals surface area contributed by atoms with Crippen molar-refractivity contribution in [2.45, 2.75) is 19.4 Å². The van der Waals surface area contributed by atoms with Gasteiger partial charge in [0.2, 0.25) is 12.0 Å². The number of nitrogens with one attached hydrogen (secondary N) is 1. The van der Waals surface area contributed by atoms with Crippen molar-refractivity contribution in [3.8, 4) is 5.75 Å². The lowest BCUT2D eigenvalue weighted by molar-refractivity contribution is -0.145. The normalized spacial score (nSPS) is 12.4. The Labute approximate surface area is 133 Å². The second kappa shape index (κ2) is 8.47. The number of carboxylic acids is 1. The summed E-state index contributed by atoms with van der Waals surface area (Å²) in [5.74, 6) is -3.35. The third-order valence-corrected chi connectivity index (χ3v) is 4.45. The molecule has 1 amide bonds. The van der Waals surface area contributed by atoms with Crippen LogP contribution in [0.15, 0.2) is 24.3 Å². The molecule has 0 spiro atoms. The molecule has 7 nitrogen and oxygen atoms in total. The van der Waals surface area contributed by atoms with Gasteiger partial charge >= 0.3 is 5.97 Å². The van der Waals surface area contributed by atoms with Crippen LogP contribution in [0.1, 0.15) is 13.3 Å². The minimum atomic E-state index is -3.50. The molecule has 1 atom stereocenters. The van der Waals surface area contributed by atoms with Gasteiger partial charge in [-0.15, -0.1) is 0 Å².